The van der Waals surface area contributed by atoms with Crippen LogP contribution < -0.4 is 28.7 Å². The lowest BCUT2D eigenvalue weighted by Crippen LogP contribution is -2.10. The molecule has 0 amide bonds. The van der Waals surface area contributed by atoms with Gasteiger partial charge in [0.1, 0.15) is 0 Å². The fourth-order valence-corrected chi connectivity index (χ4v) is 14.5. The molecule has 3 heterocycles. The molecule has 1 aliphatic carbocycles. The van der Waals surface area contributed by atoms with Gasteiger partial charge in [0.2, 0.25) is 0 Å². The highest BCUT2D eigenvalue weighted by Crippen LogP contribution is 2.52. The zero-order chi connectivity index (χ0) is 67.2. The van der Waals surface area contributed by atoms with Crippen LogP contribution in [-0.2, 0) is 6.42 Å². The van der Waals surface area contributed by atoms with Gasteiger partial charge in [0, 0.05) is 60.8 Å². The van der Waals surface area contributed by atoms with E-state index in [2.05, 4.69) is 346 Å². The summed E-state index contributed by atoms with van der Waals surface area (Å²) in [7, 11) is 0. The third-order valence-electron chi connectivity index (χ3n) is 19.1. The highest BCUT2D eigenvalue weighted by Gasteiger charge is 2.27. The first-order valence-corrected chi connectivity index (χ1v) is 34.7. The van der Waals surface area contributed by atoms with Gasteiger partial charge in [-0.25, -0.2) is 0 Å². The van der Waals surface area contributed by atoms with E-state index in [9.17, 15) is 0 Å². The van der Waals surface area contributed by atoms with Gasteiger partial charge in [-0.15, -0.1) is 0 Å². The lowest BCUT2D eigenvalue weighted by atomic mass is 10.0. The van der Waals surface area contributed by atoms with Crippen molar-refractivity contribution in [2.45, 2.75) is 6.42 Å². The Morgan fingerprint density at radius 3 is 1.36 bits per heavy atom. The predicted octanol–water partition coefficient (Wildman–Crippen LogP) is 26.9. The minimum Gasteiger partial charge on any atom is -0.450 e. The van der Waals surface area contributed by atoms with Crippen LogP contribution in [0.2, 0.25) is 0 Å². The summed E-state index contributed by atoms with van der Waals surface area (Å²) in [6.07, 6.45) is 0.962. The van der Waals surface area contributed by atoms with Crippen LogP contribution in [0, 0.1) is 0 Å². The second kappa shape index (κ2) is 26.2. The molecule has 2 aliphatic heterocycles. The summed E-state index contributed by atoms with van der Waals surface area (Å²) in [5.41, 5.74) is 20.1. The standard InChI is InChI=1S/C46H30N2O2.C28H20BrN.C19H12O2/c1-2-13-34(14-3-1)47(40-18-10-12-33-11-4-5-15-37(33)40)35-25-21-31(22-26-35)32-23-27-36(28-24-32)48-41-17-7-6-16-38(41)39-29-45-46(30-42(39)48)50-44-20-9-8-19-43(44)49-45;29-25-15-10-22(11-16-25)23-12-17-27(18-13-23)30(26-8-2-1-3-9-26)28-19-14-21-6-4-5-7-24(21)20-28;1-2-6-14-12(5-1)9-13-10-18-19(11-15(13)14)21-17-8-4-3-7-16(17)20-18/h1-30H;1-20H;1-8,10-11H,9H2. The molecular formula is C93H62BrN3O4. The summed E-state index contributed by atoms with van der Waals surface area (Å²) >= 11 is 3.51. The molecule has 20 rings (SSSR count). The topological polar surface area (TPSA) is 48.3 Å². The number of halogens is 1. The Kier molecular flexibility index (Phi) is 15.7. The summed E-state index contributed by atoms with van der Waals surface area (Å²) in [5.74, 6) is 6.05. The largest absolute Gasteiger partial charge is 0.450 e. The number of anilines is 6. The second-order valence-corrected chi connectivity index (χ2v) is 26.2. The van der Waals surface area contributed by atoms with Crippen molar-refractivity contribution >= 4 is 93.4 Å². The van der Waals surface area contributed by atoms with E-state index in [-0.39, 0.29) is 0 Å². The molecule has 0 saturated carbocycles. The lowest BCUT2D eigenvalue weighted by Gasteiger charge is -2.27. The van der Waals surface area contributed by atoms with E-state index in [1.54, 1.807) is 0 Å². The number of para-hydroxylation sites is 7. The Hall–Kier alpha value is -12.9. The minimum absolute atomic E-state index is 0.713. The maximum absolute atomic E-state index is 6.31. The molecule has 17 aromatic rings. The van der Waals surface area contributed by atoms with E-state index in [1.807, 2.05) is 48.5 Å². The van der Waals surface area contributed by atoms with E-state index in [1.165, 1.54) is 60.3 Å². The number of fused-ring (bicyclic) bond motifs is 12. The van der Waals surface area contributed by atoms with E-state index >= 15 is 0 Å². The number of nitrogens with zero attached hydrogens (tertiary/aromatic N) is 3. The van der Waals surface area contributed by atoms with Crippen LogP contribution in [0.1, 0.15) is 11.1 Å². The minimum atomic E-state index is 0.713. The fraction of sp³-hybridized carbons (Fsp3) is 0.0108. The molecule has 0 unspecified atom stereocenters. The molecule has 0 atom stereocenters. The van der Waals surface area contributed by atoms with E-state index < -0.39 is 0 Å². The number of benzene rings is 16. The molecule has 0 N–H and O–H groups in total. The van der Waals surface area contributed by atoms with Gasteiger partial charge in [0.05, 0.1) is 16.7 Å². The van der Waals surface area contributed by atoms with Crippen molar-refractivity contribution in [2.75, 3.05) is 9.80 Å². The van der Waals surface area contributed by atoms with Gasteiger partial charge in [-0.2, -0.15) is 0 Å². The van der Waals surface area contributed by atoms with E-state index in [0.717, 1.165) is 118 Å². The maximum Gasteiger partial charge on any atom is 0.172 e. The van der Waals surface area contributed by atoms with Crippen molar-refractivity contribution in [3.63, 3.8) is 0 Å². The van der Waals surface area contributed by atoms with Crippen molar-refractivity contribution in [3.8, 4) is 85.1 Å². The van der Waals surface area contributed by atoms with Crippen molar-refractivity contribution in [3.05, 3.63) is 380 Å². The monoisotopic (exact) mass is 1360 g/mol. The zero-order valence-corrected chi connectivity index (χ0v) is 56.3. The molecule has 0 fully saturated rings. The van der Waals surface area contributed by atoms with Crippen LogP contribution in [-0.4, -0.2) is 4.57 Å². The summed E-state index contributed by atoms with van der Waals surface area (Å²) in [4.78, 5) is 4.64. The molecule has 8 heteroatoms. The summed E-state index contributed by atoms with van der Waals surface area (Å²) < 4.78 is 28.0. The molecule has 101 heavy (non-hydrogen) atoms. The summed E-state index contributed by atoms with van der Waals surface area (Å²) in [6.45, 7) is 0. The Morgan fingerprint density at radius 2 is 0.713 bits per heavy atom. The van der Waals surface area contributed by atoms with Crippen LogP contribution in [0.5, 0.6) is 46.0 Å². The normalized spacial score (nSPS) is 11.9. The molecular weight excluding hydrogens is 1300 g/mol. The molecule has 0 saturated heterocycles. The third kappa shape index (κ3) is 11.7. The molecule has 3 aliphatic rings. The number of hydrogen-bond donors (Lipinski definition) is 0. The highest BCUT2D eigenvalue weighted by molar-refractivity contribution is 9.10. The molecule has 1 aromatic heterocycles. The molecule has 7 nitrogen and oxygen atoms in total. The number of rotatable bonds is 9. The van der Waals surface area contributed by atoms with Gasteiger partial charge in [-0.3, -0.25) is 0 Å². The maximum atomic E-state index is 6.31. The summed E-state index contributed by atoms with van der Waals surface area (Å²) in [5, 5.41) is 7.21. The molecule has 480 valence electrons. The van der Waals surface area contributed by atoms with E-state index in [0.29, 0.717) is 5.75 Å². The summed E-state index contributed by atoms with van der Waals surface area (Å²) in [6, 6.07) is 127. The van der Waals surface area contributed by atoms with Crippen LogP contribution in [0.4, 0.5) is 34.1 Å². The SMILES string of the molecule is Brc1ccc(-c2ccc(N(c3ccccc3)c3ccc4ccccc4c3)cc2)cc1.c1ccc(N(c2ccc(-c3ccc(-n4c5ccccc5c5cc6c(cc54)Oc4ccccc4O6)cc3)cc2)c2cccc3ccccc23)cc1.c1ccc2c(c1)Cc1cc3c(cc1-2)Oc1ccccc1O3. The van der Waals surface area contributed by atoms with Crippen molar-refractivity contribution < 1.29 is 18.9 Å². The highest BCUT2D eigenvalue weighted by atomic mass is 79.9. The Balaban J connectivity index is 0.000000121. The lowest BCUT2D eigenvalue weighted by molar-refractivity contribution is 0.359. The van der Waals surface area contributed by atoms with Gasteiger partial charge < -0.3 is 33.3 Å². The fourth-order valence-electron chi connectivity index (χ4n) is 14.2. The molecule has 16 aromatic carbocycles. The molecule has 0 bridgehead atoms. The number of aromatic nitrogens is 1. The average molecular weight is 1370 g/mol. The quantitative estimate of drug-likeness (QED) is 0.144. The number of ether oxygens (including phenoxy) is 4. The van der Waals surface area contributed by atoms with Crippen LogP contribution in [0.15, 0.2) is 368 Å². The third-order valence-corrected chi connectivity index (χ3v) is 19.6. The van der Waals surface area contributed by atoms with Crippen LogP contribution >= 0.6 is 15.9 Å². The van der Waals surface area contributed by atoms with Crippen molar-refractivity contribution in [2.24, 2.45) is 0 Å². The first-order chi connectivity index (χ1) is 49.9. The van der Waals surface area contributed by atoms with Gasteiger partial charge in [-0.1, -0.05) is 234 Å². The van der Waals surface area contributed by atoms with Crippen molar-refractivity contribution in [1.29, 1.82) is 0 Å². The predicted molar refractivity (Wildman–Crippen MR) is 418 cm³/mol. The van der Waals surface area contributed by atoms with Gasteiger partial charge >= 0.3 is 0 Å². The Bertz CT molecular complexity index is 5940. The number of hydrogen-bond acceptors (Lipinski definition) is 6. The first kappa shape index (κ1) is 60.5. The zero-order valence-electron chi connectivity index (χ0n) is 54.7. The average Bonchev–Trinajstić information content (AvgIpc) is 1.55. The molecule has 0 radical (unpaired) electrons. The van der Waals surface area contributed by atoms with Gasteiger partial charge in [-0.05, 0) is 207 Å². The first-order valence-electron chi connectivity index (χ1n) is 33.9. The van der Waals surface area contributed by atoms with Crippen molar-refractivity contribution in [1.82, 2.24) is 4.57 Å². The van der Waals surface area contributed by atoms with Crippen LogP contribution in [0.25, 0.3) is 82.4 Å². The molecule has 0 spiro atoms. The van der Waals surface area contributed by atoms with Gasteiger partial charge in [0.25, 0.3) is 0 Å². The second-order valence-electron chi connectivity index (χ2n) is 25.3. The Morgan fingerprint density at radius 1 is 0.257 bits per heavy atom. The van der Waals surface area contributed by atoms with E-state index in [4.69, 9.17) is 18.9 Å². The smallest absolute Gasteiger partial charge is 0.172 e. The Labute approximate surface area is 593 Å². The van der Waals surface area contributed by atoms with Crippen LogP contribution in [0.3, 0.4) is 0 Å². The van der Waals surface area contributed by atoms with Gasteiger partial charge in [0.15, 0.2) is 46.0 Å².